The van der Waals surface area contributed by atoms with Crippen molar-refractivity contribution in [2.45, 2.75) is 32.1 Å². The molecule has 1 saturated heterocycles. The number of nitrogens with zero attached hydrogens (tertiary/aromatic N) is 5. The molecule has 1 atom stereocenters. The standard InChI is InChI=1S/C19H23N5O3/c1-4-13-12-9-14(18-15(11-26-3)21-23(2)19(18)25)20-10-16(12)24(22-13)17-7-5-6-8-27-17/h4,9-10,17,25H,1,5-8,11H2,2-3H3. The van der Waals surface area contributed by atoms with E-state index in [1.807, 2.05) is 10.7 Å². The van der Waals surface area contributed by atoms with Gasteiger partial charge in [0.2, 0.25) is 5.88 Å². The number of methoxy groups -OCH3 is 1. The number of rotatable bonds is 5. The molecule has 1 unspecified atom stereocenters. The summed E-state index contributed by atoms with van der Waals surface area (Å²) in [6.07, 6.45) is 6.53. The SMILES string of the molecule is C=Cc1nn(C2CCCCO2)c2cnc(-c3c(COC)nn(C)c3O)cc12. The number of aromatic hydroxyl groups is 1. The molecule has 1 N–H and O–H groups in total. The molecule has 0 amide bonds. The van der Waals surface area contributed by atoms with E-state index >= 15 is 0 Å². The number of hydrogen-bond donors (Lipinski definition) is 1. The maximum Gasteiger partial charge on any atom is 0.219 e. The summed E-state index contributed by atoms with van der Waals surface area (Å²) in [7, 11) is 3.28. The maximum absolute atomic E-state index is 10.5. The first kappa shape index (κ1) is 17.7. The molecule has 1 aliphatic heterocycles. The Kier molecular flexibility index (Phi) is 4.67. The lowest BCUT2D eigenvalue weighted by Crippen LogP contribution is -2.19. The Morgan fingerprint density at radius 1 is 1.41 bits per heavy atom. The summed E-state index contributed by atoms with van der Waals surface area (Å²) < 4.78 is 14.4. The van der Waals surface area contributed by atoms with Gasteiger partial charge in [-0.2, -0.15) is 10.2 Å². The third-order valence-electron chi connectivity index (χ3n) is 4.87. The first-order valence-electron chi connectivity index (χ1n) is 9.00. The van der Waals surface area contributed by atoms with Crippen molar-refractivity contribution in [2.24, 2.45) is 7.05 Å². The van der Waals surface area contributed by atoms with E-state index in [1.54, 1.807) is 26.4 Å². The van der Waals surface area contributed by atoms with Gasteiger partial charge in [-0.15, -0.1) is 0 Å². The molecule has 0 aliphatic carbocycles. The summed E-state index contributed by atoms with van der Waals surface area (Å²) in [4.78, 5) is 4.58. The molecule has 0 saturated carbocycles. The molecule has 4 rings (SSSR count). The van der Waals surface area contributed by atoms with Crippen LogP contribution in [0.3, 0.4) is 0 Å². The van der Waals surface area contributed by atoms with Gasteiger partial charge in [0.15, 0.2) is 6.23 Å². The molecule has 1 fully saturated rings. The minimum atomic E-state index is -0.0848. The highest BCUT2D eigenvalue weighted by atomic mass is 16.5. The average Bonchev–Trinajstić information content (AvgIpc) is 3.19. The van der Waals surface area contributed by atoms with E-state index in [4.69, 9.17) is 9.47 Å². The summed E-state index contributed by atoms with van der Waals surface area (Å²) >= 11 is 0. The zero-order chi connectivity index (χ0) is 19.0. The Morgan fingerprint density at radius 2 is 2.26 bits per heavy atom. The Balaban J connectivity index is 1.85. The van der Waals surface area contributed by atoms with Crippen molar-refractivity contribution in [3.8, 4) is 17.1 Å². The largest absolute Gasteiger partial charge is 0.493 e. The van der Waals surface area contributed by atoms with Crippen LogP contribution in [0.1, 0.15) is 36.9 Å². The number of hydrogen-bond acceptors (Lipinski definition) is 6. The predicted octanol–water partition coefficient (Wildman–Crippen LogP) is 3.03. The predicted molar refractivity (Wildman–Crippen MR) is 101 cm³/mol. The maximum atomic E-state index is 10.5. The average molecular weight is 369 g/mol. The van der Waals surface area contributed by atoms with Gasteiger partial charge in [0.1, 0.15) is 5.69 Å². The second-order valence-electron chi connectivity index (χ2n) is 6.64. The van der Waals surface area contributed by atoms with E-state index in [2.05, 4.69) is 21.8 Å². The van der Waals surface area contributed by atoms with Gasteiger partial charge >= 0.3 is 0 Å². The monoisotopic (exact) mass is 369 g/mol. The smallest absolute Gasteiger partial charge is 0.219 e. The van der Waals surface area contributed by atoms with E-state index in [0.29, 0.717) is 17.0 Å². The molecule has 0 aromatic carbocycles. The van der Waals surface area contributed by atoms with Crippen molar-refractivity contribution < 1.29 is 14.6 Å². The quantitative estimate of drug-likeness (QED) is 0.744. The topological polar surface area (TPSA) is 87.2 Å². The van der Waals surface area contributed by atoms with Gasteiger partial charge in [-0.3, -0.25) is 4.98 Å². The van der Waals surface area contributed by atoms with Crippen LogP contribution in [0.2, 0.25) is 0 Å². The van der Waals surface area contributed by atoms with Crippen LogP contribution in [-0.4, -0.2) is 43.4 Å². The molecule has 0 bridgehead atoms. The van der Waals surface area contributed by atoms with E-state index in [1.165, 1.54) is 4.68 Å². The lowest BCUT2D eigenvalue weighted by atomic mass is 10.1. The first-order valence-corrected chi connectivity index (χ1v) is 9.00. The lowest BCUT2D eigenvalue weighted by Gasteiger charge is -2.23. The number of fused-ring (bicyclic) bond motifs is 1. The zero-order valence-corrected chi connectivity index (χ0v) is 15.6. The minimum absolute atomic E-state index is 0.0528. The molecule has 27 heavy (non-hydrogen) atoms. The van der Waals surface area contributed by atoms with Gasteiger partial charge in [-0.1, -0.05) is 6.58 Å². The molecule has 0 radical (unpaired) electrons. The van der Waals surface area contributed by atoms with Gasteiger partial charge in [-0.05, 0) is 31.4 Å². The van der Waals surface area contributed by atoms with Crippen LogP contribution < -0.4 is 0 Å². The van der Waals surface area contributed by atoms with Crippen molar-refractivity contribution in [1.82, 2.24) is 24.5 Å². The highest BCUT2D eigenvalue weighted by Crippen LogP contribution is 2.35. The molecule has 3 aromatic heterocycles. The van der Waals surface area contributed by atoms with Gasteiger partial charge in [-0.25, -0.2) is 9.36 Å². The third kappa shape index (κ3) is 3.00. The molecular formula is C19H23N5O3. The Bertz CT molecular complexity index is 985. The second kappa shape index (κ2) is 7.13. The van der Waals surface area contributed by atoms with Crippen LogP contribution in [-0.2, 0) is 23.1 Å². The fourth-order valence-electron chi connectivity index (χ4n) is 3.55. The number of ether oxygens (including phenoxy) is 2. The molecular weight excluding hydrogens is 346 g/mol. The van der Waals surface area contributed by atoms with Crippen LogP contribution in [0.4, 0.5) is 0 Å². The highest BCUT2D eigenvalue weighted by molar-refractivity contribution is 5.90. The molecule has 1 aliphatic rings. The minimum Gasteiger partial charge on any atom is -0.493 e. The molecule has 142 valence electrons. The van der Waals surface area contributed by atoms with Gasteiger partial charge < -0.3 is 14.6 Å². The van der Waals surface area contributed by atoms with Crippen molar-refractivity contribution in [3.05, 3.63) is 30.2 Å². The van der Waals surface area contributed by atoms with E-state index < -0.39 is 0 Å². The van der Waals surface area contributed by atoms with Gasteiger partial charge in [0, 0.05) is 26.2 Å². The van der Waals surface area contributed by atoms with Crippen LogP contribution >= 0.6 is 0 Å². The fourth-order valence-corrected chi connectivity index (χ4v) is 3.55. The van der Waals surface area contributed by atoms with E-state index in [9.17, 15) is 5.11 Å². The fraction of sp³-hybridized carbons (Fsp3) is 0.421. The number of aromatic nitrogens is 5. The normalized spacial score (nSPS) is 17.5. The lowest BCUT2D eigenvalue weighted by molar-refractivity contribution is -0.0367. The van der Waals surface area contributed by atoms with E-state index in [-0.39, 0.29) is 18.7 Å². The van der Waals surface area contributed by atoms with Gasteiger partial charge in [0.25, 0.3) is 0 Å². The number of aryl methyl sites for hydroxylation is 1. The van der Waals surface area contributed by atoms with Crippen LogP contribution in [0.5, 0.6) is 5.88 Å². The molecule has 0 spiro atoms. The third-order valence-corrected chi connectivity index (χ3v) is 4.87. The Labute approximate surface area is 157 Å². The van der Waals surface area contributed by atoms with Crippen molar-refractivity contribution in [3.63, 3.8) is 0 Å². The van der Waals surface area contributed by atoms with Crippen LogP contribution in [0.25, 0.3) is 28.2 Å². The van der Waals surface area contributed by atoms with Gasteiger partial charge in [0.05, 0.1) is 35.3 Å². The summed E-state index contributed by atoms with van der Waals surface area (Å²) in [6.45, 7) is 4.91. The number of pyridine rings is 1. The highest BCUT2D eigenvalue weighted by Gasteiger charge is 2.23. The summed E-state index contributed by atoms with van der Waals surface area (Å²) in [5.41, 5.74) is 3.47. The van der Waals surface area contributed by atoms with Crippen molar-refractivity contribution >= 4 is 17.0 Å². The summed E-state index contributed by atoms with van der Waals surface area (Å²) in [5.74, 6) is 0.0528. The van der Waals surface area contributed by atoms with Crippen LogP contribution in [0, 0.1) is 0 Å². The Morgan fingerprint density at radius 3 is 2.96 bits per heavy atom. The molecule has 8 nitrogen and oxygen atoms in total. The van der Waals surface area contributed by atoms with Crippen LogP contribution in [0.15, 0.2) is 18.8 Å². The molecule has 4 heterocycles. The Hall–Kier alpha value is -2.71. The van der Waals surface area contributed by atoms with Crippen molar-refractivity contribution in [2.75, 3.05) is 13.7 Å². The molecule has 8 heteroatoms. The molecule has 3 aromatic rings. The van der Waals surface area contributed by atoms with E-state index in [0.717, 1.165) is 42.5 Å². The second-order valence-corrected chi connectivity index (χ2v) is 6.64. The zero-order valence-electron chi connectivity index (χ0n) is 15.6. The summed E-state index contributed by atoms with van der Waals surface area (Å²) in [6, 6.07) is 1.91. The summed E-state index contributed by atoms with van der Waals surface area (Å²) in [5, 5.41) is 20.4. The van der Waals surface area contributed by atoms with Crippen molar-refractivity contribution in [1.29, 1.82) is 0 Å². The first-order chi connectivity index (χ1) is 13.1.